The van der Waals surface area contributed by atoms with E-state index in [0.29, 0.717) is 18.1 Å². The lowest BCUT2D eigenvalue weighted by Gasteiger charge is -2.33. The number of benzene rings is 2. The van der Waals surface area contributed by atoms with Crippen LogP contribution in [0.25, 0.3) is 0 Å². The Balaban J connectivity index is 1.39. The van der Waals surface area contributed by atoms with Gasteiger partial charge in [0.2, 0.25) is 0 Å². The van der Waals surface area contributed by atoms with Crippen molar-refractivity contribution in [3.05, 3.63) is 70.8 Å². The van der Waals surface area contributed by atoms with Crippen molar-refractivity contribution in [3.8, 4) is 0 Å². The second-order valence-corrected chi connectivity index (χ2v) is 7.83. The maximum atomic E-state index is 3.83. The Hall–Kier alpha value is -1.64. The Morgan fingerprint density at radius 3 is 2.32 bits per heavy atom. The summed E-state index contributed by atoms with van der Waals surface area (Å²) in [6, 6.07) is 19.7. The predicted octanol–water partition coefficient (Wildman–Crippen LogP) is 4.66. The lowest BCUT2D eigenvalue weighted by atomic mass is 10.1. The molecule has 25 heavy (non-hydrogen) atoms. The molecule has 4 rings (SSSR count). The molecule has 0 aliphatic heterocycles. The van der Waals surface area contributed by atoms with Gasteiger partial charge in [0.15, 0.2) is 0 Å². The van der Waals surface area contributed by atoms with Gasteiger partial charge in [0, 0.05) is 31.2 Å². The molecule has 2 unspecified atom stereocenters. The Morgan fingerprint density at radius 1 is 0.920 bits per heavy atom. The smallest absolute Gasteiger partial charge is 0.0357 e. The van der Waals surface area contributed by atoms with Crippen molar-refractivity contribution in [2.75, 3.05) is 13.1 Å². The zero-order valence-electron chi connectivity index (χ0n) is 15.5. The lowest BCUT2D eigenvalue weighted by Crippen LogP contribution is -2.39. The molecule has 2 aliphatic rings. The molecular weight excluding hydrogens is 304 g/mol. The highest BCUT2D eigenvalue weighted by atomic mass is 15.2. The quantitative estimate of drug-likeness (QED) is 0.826. The summed E-state index contributed by atoms with van der Waals surface area (Å²) in [6.45, 7) is 6.86. The van der Waals surface area contributed by atoms with E-state index in [4.69, 9.17) is 0 Å². The molecule has 0 radical (unpaired) electrons. The van der Waals surface area contributed by atoms with Gasteiger partial charge in [-0.25, -0.2) is 0 Å². The van der Waals surface area contributed by atoms with Crippen LogP contribution in [-0.2, 0) is 12.8 Å². The van der Waals surface area contributed by atoms with Crippen LogP contribution >= 0.6 is 0 Å². The van der Waals surface area contributed by atoms with Gasteiger partial charge in [-0.05, 0) is 61.8 Å². The van der Waals surface area contributed by atoms with Gasteiger partial charge in [-0.1, -0.05) is 48.5 Å². The maximum Gasteiger partial charge on any atom is 0.0357 e. The summed E-state index contributed by atoms with van der Waals surface area (Å²) >= 11 is 0. The molecule has 2 aliphatic carbocycles. The lowest BCUT2D eigenvalue weighted by molar-refractivity contribution is 0.152. The van der Waals surface area contributed by atoms with Crippen molar-refractivity contribution < 1.29 is 0 Å². The molecule has 2 heteroatoms. The number of nitrogens with zero attached hydrogens (tertiary/aromatic N) is 1. The van der Waals surface area contributed by atoms with Gasteiger partial charge in [-0.15, -0.1) is 0 Å². The van der Waals surface area contributed by atoms with Gasteiger partial charge in [0.05, 0.1) is 0 Å². The van der Waals surface area contributed by atoms with Crippen molar-refractivity contribution in [2.24, 2.45) is 0 Å². The van der Waals surface area contributed by atoms with Crippen LogP contribution in [0.4, 0.5) is 0 Å². The molecular formula is C23H30N2. The molecule has 2 atom stereocenters. The third kappa shape index (κ3) is 3.38. The average molecular weight is 335 g/mol. The van der Waals surface area contributed by atoms with E-state index in [0.717, 1.165) is 13.1 Å². The van der Waals surface area contributed by atoms with Crippen LogP contribution in [-0.4, -0.2) is 24.0 Å². The molecule has 0 amide bonds. The molecule has 0 aromatic heterocycles. The number of hydrogen-bond acceptors (Lipinski definition) is 2. The predicted molar refractivity (Wildman–Crippen MR) is 105 cm³/mol. The molecule has 2 nitrogen and oxygen atoms in total. The van der Waals surface area contributed by atoms with Gasteiger partial charge in [-0.2, -0.15) is 0 Å². The summed E-state index contributed by atoms with van der Waals surface area (Å²) in [5.74, 6) is 0. The molecule has 132 valence electrons. The summed E-state index contributed by atoms with van der Waals surface area (Å²) in [4.78, 5) is 2.69. The minimum Gasteiger partial charge on any atom is -0.309 e. The van der Waals surface area contributed by atoms with E-state index in [1.165, 1.54) is 36.8 Å². The Kier molecular flexibility index (Phi) is 4.91. The third-order valence-corrected chi connectivity index (χ3v) is 6.06. The van der Waals surface area contributed by atoms with E-state index in [-0.39, 0.29) is 0 Å². The number of rotatable bonds is 6. The molecule has 0 saturated carbocycles. The number of hydrogen-bond donors (Lipinski definition) is 1. The number of fused-ring (bicyclic) bond motifs is 2. The standard InChI is InChI=1S/C23H30N2/c1-17(2)25(23-14-12-19-8-4-6-10-21(19)23)16-15-24-22-13-11-18-7-3-5-9-20(18)22/h3-10,17,22-24H,11-16H2,1-2H3. The fourth-order valence-corrected chi connectivity index (χ4v) is 4.79. The van der Waals surface area contributed by atoms with Crippen LogP contribution in [0.15, 0.2) is 48.5 Å². The summed E-state index contributed by atoms with van der Waals surface area (Å²) in [5.41, 5.74) is 6.16. The second-order valence-electron chi connectivity index (χ2n) is 7.83. The van der Waals surface area contributed by atoms with Crippen molar-refractivity contribution in [3.63, 3.8) is 0 Å². The third-order valence-electron chi connectivity index (χ3n) is 6.06. The van der Waals surface area contributed by atoms with Crippen molar-refractivity contribution >= 4 is 0 Å². The first kappa shape index (κ1) is 16.8. The minimum atomic E-state index is 0.543. The van der Waals surface area contributed by atoms with E-state index in [2.05, 4.69) is 72.6 Å². The fraction of sp³-hybridized carbons (Fsp3) is 0.478. The van der Waals surface area contributed by atoms with Gasteiger partial charge >= 0.3 is 0 Å². The van der Waals surface area contributed by atoms with Crippen molar-refractivity contribution in [2.45, 2.75) is 57.7 Å². The van der Waals surface area contributed by atoms with Gasteiger partial charge in [-0.3, -0.25) is 4.90 Å². The Labute approximate surface area is 152 Å². The van der Waals surface area contributed by atoms with Gasteiger partial charge < -0.3 is 5.32 Å². The normalized spacial score (nSPS) is 21.8. The van der Waals surface area contributed by atoms with Crippen LogP contribution in [0.1, 0.15) is 61.0 Å². The molecule has 0 saturated heterocycles. The van der Waals surface area contributed by atoms with Crippen LogP contribution in [0.2, 0.25) is 0 Å². The number of nitrogens with one attached hydrogen (secondary N) is 1. The first-order chi connectivity index (χ1) is 12.2. The first-order valence-electron chi connectivity index (χ1n) is 9.89. The first-order valence-corrected chi connectivity index (χ1v) is 9.89. The van der Waals surface area contributed by atoms with Crippen LogP contribution < -0.4 is 5.32 Å². The highest BCUT2D eigenvalue weighted by Crippen LogP contribution is 2.36. The summed E-state index contributed by atoms with van der Waals surface area (Å²) in [5, 5.41) is 3.83. The zero-order chi connectivity index (χ0) is 17.2. The topological polar surface area (TPSA) is 15.3 Å². The summed E-state index contributed by atoms with van der Waals surface area (Å²) in [6.07, 6.45) is 4.96. The Morgan fingerprint density at radius 2 is 1.56 bits per heavy atom. The van der Waals surface area contributed by atoms with E-state index >= 15 is 0 Å². The molecule has 2 aromatic rings. The zero-order valence-corrected chi connectivity index (χ0v) is 15.5. The average Bonchev–Trinajstić information content (AvgIpc) is 3.23. The van der Waals surface area contributed by atoms with E-state index < -0.39 is 0 Å². The van der Waals surface area contributed by atoms with Crippen molar-refractivity contribution in [1.29, 1.82) is 0 Å². The fourth-order valence-electron chi connectivity index (χ4n) is 4.79. The molecule has 0 spiro atoms. The highest BCUT2D eigenvalue weighted by Gasteiger charge is 2.29. The molecule has 2 aromatic carbocycles. The molecule has 0 bridgehead atoms. The van der Waals surface area contributed by atoms with Crippen LogP contribution in [0.5, 0.6) is 0 Å². The minimum absolute atomic E-state index is 0.543. The Bertz CT molecular complexity index is 722. The maximum absolute atomic E-state index is 3.83. The van der Waals surface area contributed by atoms with E-state index in [1.807, 2.05) is 0 Å². The monoisotopic (exact) mass is 334 g/mol. The van der Waals surface area contributed by atoms with Crippen molar-refractivity contribution in [1.82, 2.24) is 10.2 Å². The van der Waals surface area contributed by atoms with Crippen LogP contribution in [0.3, 0.4) is 0 Å². The molecule has 0 heterocycles. The summed E-state index contributed by atoms with van der Waals surface area (Å²) in [7, 11) is 0. The molecule has 1 N–H and O–H groups in total. The largest absolute Gasteiger partial charge is 0.309 e. The van der Waals surface area contributed by atoms with E-state index in [9.17, 15) is 0 Å². The van der Waals surface area contributed by atoms with Crippen LogP contribution in [0, 0.1) is 0 Å². The van der Waals surface area contributed by atoms with Gasteiger partial charge in [0.25, 0.3) is 0 Å². The molecule has 0 fully saturated rings. The van der Waals surface area contributed by atoms with Gasteiger partial charge in [0.1, 0.15) is 0 Å². The summed E-state index contributed by atoms with van der Waals surface area (Å²) < 4.78 is 0. The van der Waals surface area contributed by atoms with E-state index in [1.54, 1.807) is 11.1 Å². The highest BCUT2D eigenvalue weighted by molar-refractivity contribution is 5.35. The number of aryl methyl sites for hydroxylation is 2. The second kappa shape index (κ2) is 7.31. The SMILES string of the molecule is CC(C)N(CCNC1CCc2ccccc21)C1CCc2ccccc21.